The Hall–Kier alpha value is -1.47. The zero-order valence-corrected chi connectivity index (χ0v) is 16.6. The normalized spacial score (nSPS) is 12.8. The molecule has 0 aliphatic carbocycles. The van der Waals surface area contributed by atoms with Gasteiger partial charge in [0.15, 0.2) is 5.82 Å². The van der Waals surface area contributed by atoms with E-state index in [4.69, 9.17) is 10.5 Å². The second kappa shape index (κ2) is 9.29. The van der Waals surface area contributed by atoms with Crippen molar-refractivity contribution in [3.63, 3.8) is 0 Å². The van der Waals surface area contributed by atoms with Gasteiger partial charge in [-0.2, -0.15) is 0 Å². The number of hydrogen-bond donors (Lipinski definition) is 1. The highest BCUT2D eigenvalue weighted by molar-refractivity contribution is 7.84. The summed E-state index contributed by atoms with van der Waals surface area (Å²) in [6.07, 6.45) is 2.96. The maximum absolute atomic E-state index is 12.1. The first-order valence-electron chi connectivity index (χ1n) is 9.04. The Morgan fingerprint density at radius 2 is 1.88 bits per heavy atom. The third kappa shape index (κ3) is 4.79. The van der Waals surface area contributed by atoms with Gasteiger partial charge in [-0.3, -0.25) is 4.21 Å². The molecule has 6 nitrogen and oxygen atoms in total. The minimum Gasteiger partial charge on any atom is -0.382 e. The van der Waals surface area contributed by atoms with Crippen molar-refractivity contribution in [3.8, 4) is 0 Å². The van der Waals surface area contributed by atoms with Gasteiger partial charge in [-0.05, 0) is 39.2 Å². The summed E-state index contributed by atoms with van der Waals surface area (Å²) in [6.45, 7) is 9.95. The van der Waals surface area contributed by atoms with Gasteiger partial charge in [-0.15, -0.1) is 0 Å². The largest absolute Gasteiger partial charge is 0.382 e. The highest BCUT2D eigenvalue weighted by atomic mass is 32.2. The molecular formula is C18H30N4O2S. The Balaban J connectivity index is 2.27. The number of fused-ring (bicyclic) bond motifs is 1. The molecule has 7 heteroatoms. The van der Waals surface area contributed by atoms with E-state index >= 15 is 0 Å². The van der Waals surface area contributed by atoms with Gasteiger partial charge in [0.2, 0.25) is 0 Å². The van der Waals surface area contributed by atoms with Crippen LogP contribution in [0.3, 0.4) is 0 Å². The first kappa shape index (κ1) is 19.8. The lowest BCUT2D eigenvalue weighted by atomic mass is 10.2. The van der Waals surface area contributed by atoms with Gasteiger partial charge in [-0.25, -0.2) is 9.97 Å². The zero-order chi connectivity index (χ0) is 18.4. The topological polar surface area (TPSA) is 83.0 Å². The van der Waals surface area contributed by atoms with Gasteiger partial charge in [-0.1, -0.05) is 13.3 Å². The molecule has 0 saturated carbocycles. The van der Waals surface area contributed by atoms with Crippen LogP contribution in [0.2, 0.25) is 0 Å². The molecule has 140 valence electrons. The van der Waals surface area contributed by atoms with Crippen LogP contribution in [0.1, 0.15) is 50.2 Å². The third-order valence-corrected chi connectivity index (χ3v) is 5.88. The van der Waals surface area contributed by atoms with Crippen molar-refractivity contribution < 1.29 is 8.95 Å². The lowest BCUT2D eigenvalue weighted by Crippen LogP contribution is -2.11. The van der Waals surface area contributed by atoms with Crippen molar-refractivity contribution in [2.24, 2.45) is 0 Å². The van der Waals surface area contributed by atoms with E-state index in [1.54, 1.807) is 0 Å². The molecule has 2 N–H and O–H groups in total. The number of hydrogen-bond acceptors (Lipinski definition) is 5. The maximum Gasteiger partial charge on any atom is 0.151 e. The number of aryl methyl sites for hydroxylation is 3. The summed E-state index contributed by atoms with van der Waals surface area (Å²) < 4.78 is 19.8. The first-order valence-corrected chi connectivity index (χ1v) is 10.5. The van der Waals surface area contributed by atoms with E-state index in [0.29, 0.717) is 24.8 Å². The molecule has 0 radical (unpaired) electrons. The summed E-state index contributed by atoms with van der Waals surface area (Å²) in [5, 5.41) is 0. The maximum atomic E-state index is 12.1. The fraction of sp³-hybridized carbons (Fsp3) is 0.667. The molecule has 0 aliphatic heterocycles. The number of imidazole rings is 1. The minimum atomic E-state index is -0.743. The lowest BCUT2D eigenvalue weighted by molar-refractivity contribution is 0.126. The smallest absolute Gasteiger partial charge is 0.151 e. The summed E-state index contributed by atoms with van der Waals surface area (Å²) in [7, 11) is -0.743. The number of nitrogen functional groups attached to an aromatic ring is 1. The van der Waals surface area contributed by atoms with Gasteiger partial charge in [0.05, 0.1) is 5.52 Å². The number of unbranched alkanes of at least 4 members (excludes halogenated alkanes) is 1. The van der Waals surface area contributed by atoms with Crippen LogP contribution in [0, 0.1) is 13.8 Å². The second-order valence-electron chi connectivity index (χ2n) is 6.28. The molecule has 0 bridgehead atoms. The van der Waals surface area contributed by atoms with Crippen molar-refractivity contribution in [1.82, 2.24) is 14.5 Å². The van der Waals surface area contributed by atoms with E-state index in [0.717, 1.165) is 59.7 Å². The molecule has 0 aromatic carbocycles. The fourth-order valence-corrected chi connectivity index (χ4v) is 4.15. The van der Waals surface area contributed by atoms with E-state index in [1.165, 1.54) is 0 Å². The number of pyridine rings is 1. The molecule has 2 aromatic heterocycles. The molecule has 1 atom stereocenters. The standard InChI is InChI=1S/C18H30N4O2S/c1-5-7-10-25(23)11-8-9-22-15(12-24-6-2)21-16-17(22)13(3)14(4)20-18(16)19/h5-12H2,1-4H3,(H2,19,20). The third-order valence-electron chi connectivity index (χ3n) is 4.39. The summed E-state index contributed by atoms with van der Waals surface area (Å²) in [6, 6.07) is 0. The Morgan fingerprint density at radius 1 is 1.16 bits per heavy atom. The van der Waals surface area contributed by atoms with Gasteiger partial charge in [0.25, 0.3) is 0 Å². The first-order chi connectivity index (χ1) is 12.0. The molecule has 2 rings (SSSR count). The molecule has 0 aliphatic rings. The molecule has 2 heterocycles. The van der Waals surface area contributed by atoms with Crippen LogP contribution in [-0.2, 0) is 28.7 Å². The van der Waals surface area contributed by atoms with Crippen LogP contribution < -0.4 is 5.73 Å². The van der Waals surface area contributed by atoms with Crippen molar-refractivity contribution >= 4 is 27.7 Å². The summed E-state index contributed by atoms with van der Waals surface area (Å²) >= 11 is 0. The Labute approximate surface area is 152 Å². The van der Waals surface area contributed by atoms with E-state index in [2.05, 4.69) is 21.5 Å². The second-order valence-corrected chi connectivity index (χ2v) is 7.97. The van der Waals surface area contributed by atoms with Gasteiger partial charge >= 0.3 is 0 Å². The van der Waals surface area contributed by atoms with E-state index in [-0.39, 0.29) is 0 Å². The van der Waals surface area contributed by atoms with Crippen LogP contribution >= 0.6 is 0 Å². The molecule has 1 unspecified atom stereocenters. The van der Waals surface area contributed by atoms with Crippen LogP contribution in [-0.4, -0.2) is 36.9 Å². The summed E-state index contributed by atoms with van der Waals surface area (Å²) in [5.74, 6) is 2.83. The average Bonchev–Trinajstić information content (AvgIpc) is 2.95. The van der Waals surface area contributed by atoms with Crippen LogP contribution in [0.4, 0.5) is 5.82 Å². The predicted octanol–water partition coefficient (Wildman–Crippen LogP) is 3.11. The highest BCUT2D eigenvalue weighted by Crippen LogP contribution is 2.26. The van der Waals surface area contributed by atoms with Gasteiger partial charge in [0.1, 0.15) is 17.9 Å². The molecule has 0 spiro atoms. The van der Waals surface area contributed by atoms with Gasteiger partial charge in [0, 0.05) is 41.2 Å². The average molecular weight is 367 g/mol. The zero-order valence-electron chi connectivity index (χ0n) is 15.8. The van der Waals surface area contributed by atoms with Crippen LogP contribution in [0.15, 0.2) is 0 Å². The van der Waals surface area contributed by atoms with Crippen LogP contribution in [0.5, 0.6) is 0 Å². The highest BCUT2D eigenvalue weighted by Gasteiger charge is 2.17. The molecule has 2 aromatic rings. The molecule has 25 heavy (non-hydrogen) atoms. The Bertz CT molecular complexity index is 742. The number of rotatable bonds is 10. The van der Waals surface area contributed by atoms with E-state index in [1.807, 2.05) is 20.8 Å². The molecule has 0 fully saturated rings. The van der Waals surface area contributed by atoms with Gasteiger partial charge < -0.3 is 15.0 Å². The van der Waals surface area contributed by atoms with E-state index in [9.17, 15) is 4.21 Å². The van der Waals surface area contributed by atoms with Crippen molar-refractivity contribution in [3.05, 3.63) is 17.1 Å². The fourth-order valence-electron chi connectivity index (χ4n) is 2.88. The molecule has 0 amide bonds. The number of nitrogens with two attached hydrogens (primary N) is 1. The SMILES string of the molecule is CCCCS(=O)CCCn1c(COCC)nc2c(N)nc(C)c(C)c21. The Morgan fingerprint density at radius 3 is 2.56 bits per heavy atom. The van der Waals surface area contributed by atoms with Crippen molar-refractivity contribution in [1.29, 1.82) is 0 Å². The quantitative estimate of drug-likeness (QED) is 0.698. The number of nitrogens with zero attached hydrogens (tertiary/aromatic N) is 3. The Kier molecular flexibility index (Phi) is 7.38. The van der Waals surface area contributed by atoms with Crippen molar-refractivity contribution in [2.45, 2.75) is 60.1 Å². The lowest BCUT2D eigenvalue weighted by Gasteiger charge is -2.12. The summed E-state index contributed by atoms with van der Waals surface area (Å²) in [4.78, 5) is 9.06. The number of anilines is 1. The predicted molar refractivity (Wildman–Crippen MR) is 104 cm³/mol. The monoisotopic (exact) mass is 366 g/mol. The number of aromatic nitrogens is 3. The minimum absolute atomic E-state index is 0.446. The molecular weight excluding hydrogens is 336 g/mol. The molecule has 0 saturated heterocycles. The van der Waals surface area contributed by atoms with Crippen molar-refractivity contribution in [2.75, 3.05) is 23.8 Å². The van der Waals surface area contributed by atoms with Crippen LogP contribution in [0.25, 0.3) is 11.0 Å². The summed E-state index contributed by atoms with van der Waals surface area (Å²) in [5.41, 5.74) is 9.87. The number of ether oxygens (including phenoxy) is 1. The van der Waals surface area contributed by atoms with E-state index < -0.39 is 10.8 Å².